The van der Waals surface area contributed by atoms with E-state index in [1.807, 2.05) is 0 Å². The van der Waals surface area contributed by atoms with E-state index in [9.17, 15) is 0 Å². The van der Waals surface area contributed by atoms with Crippen LogP contribution in [0.25, 0.3) is 0 Å². The Hall–Kier alpha value is -0.160. The van der Waals surface area contributed by atoms with Crippen LogP contribution in [0, 0.1) is 5.92 Å². The molecule has 0 aromatic rings. The zero-order valence-corrected chi connectivity index (χ0v) is 5.23. The summed E-state index contributed by atoms with van der Waals surface area (Å²) in [4.78, 5) is 0. The molecule has 1 aliphatic heterocycles. The van der Waals surface area contributed by atoms with Crippen LogP contribution in [-0.2, 0) is 9.47 Å². The molecule has 0 bridgehead atoms. The Kier molecular flexibility index (Phi) is 0.686. The van der Waals surface area contributed by atoms with Crippen LogP contribution >= 0.6 is 0 Å². The standard InChI is InChI=1S/C6H8O4/c7-2-1-9-6-3(4(6)8)5(6)10-2/h2-5,7-8H,1H2. The molecule has 0 radical (unpaired) electrons. The molecule has 3 rings (SSSR count). The quantitative estimate of drug-likeness (QED) is 0.432. The summed E-state index contributed by atoms with van der Waals surface area (Å²) in [5.74, 6) is 0.157. The first kappa shape index (κ1) is 5.49. The van der Waals surface area contributed by atoms with Gasteiger partial charge in [0.2, 0.25) is 0 Å². The van der Waals surface area contributed by atoms with Gasteiger partial charge in [-0.25, -0.2) is 0 Å². The lowest BCUT2D eigenvalue weighted by atomic mass is 10.3. The molecule has 0 aromatic heterocycles. The third-order valence-electron chi connectivity index (χ3n) is 2.66. The van der Waals surface area contributed by atoms with E-state index in [2.05, 4.69) is 0 Å². The number of aliphatic hydroxyl groups is 2. The molecule has 3 aliphatic rings. The Labute approximate surface area is 57.4 Å². The Morgan fingerprint density at radius 1 is 1.40 bits per heavy atom. The average Bonchev–Trinajstić information content (AvgIpc) is 2.73. The van der Waals surface area contributed by atoms with Crippen molar-refractivity contribution in [3.8, 4) is 0 Å². The first-order valence-electron chi connectivity index (χ1n) is 3.42. The fourth-order valence-corrected chi connectivity index (χ4v) is 1.86. The summed E-state index contributed by atoms with van der Waals surface area (Å²) in [6.07, 6.45) is -1.13. The molecule has 4 heteroatoms. The monoisotopic (exact) mass is 144 g/mol. The summed E-state index contributed by atoms with van der Waals surface area (Å²) < 4.78 is 10.3. The van der Waals surface area contributed by atoms with Gasteiger partial charge >= 0.3 is 0 Å². The highest BCUT2D eigenvalue weighted by Gasteiger charge is 2.91. The first-order valence-corrected chi connectivity index (χ1v) is 3.42. The van der Waals surface area contributed by atoms with Crippen LogP contribution in [0.1, 0.15) is 0 Å². The van der Waals surface area contributed by atoms with Gasteiger partial charge in [0.05, 0.1) is 18.6 Å². The SMILES string of the molecule is OC1COC23C(O)C2C3O1. The third-order valence-corrected chi connectivity index (χ3v) is 2.66. The molecule has 0 aromatic carbocycles. The van der Waals surface area contributed by atoms with Gasteiger partial charge in [0.25, 0.3) is 0 Å². The summed E-state index contributed by atoms with van der Waals surface area (Å²) in [6.45, 7) is 0.198. The van der Waals surface area contributed by atoms with Gasteiger partial charge in [-0.1, -0.05) is 0 Å². The molecule has 3 fully saturated rings. The summed E-state index contributed by atoms with van der Waals surface area (Å²) in [6, 6.07) is 0. The lowest BCUT2D eigenvalue weighted by Gasteiger charge is -2.25. The van der Waals surface area contributed by atoms with Crippen molar-refractivity contribution in [2.24, 2.45) is 5.92 Å². The number of fused-ring (bicyclic) bond motifs is 1. The number of ether oxygens (including phenoxy) is 2. The minimum Gasteiger partial charge on any atom is -0.389 e. The molecule has 2 saturated carbocycles. The van der Waals surface area contributed by atoms with E-state index >= 15 is 0 Å². The lowest BCUT2D eigenvalue weighted by molar-refractivity contribution is -0.228. The molecular weight excluding hydrogens is 136 g/mol. The Morgan fingerprint density at radius 3 is 2.80 bits per heavy atom. The number of aliphatic hydroxyl groups excluding tert-OH is 2. The van der Waals surface area contributed by atoms with Gasteiger partial charge in [0.15, 0.2) is 6.29 Å². The molecule has 1 heterocycles. The largest absolute Gasteiger partial charge is 0.389 e. The van der Waals surface area contributed by atoms with Gasteiger partial charge in [0.1, 0.15) is 11.7 Å². The molecule has 2 N–H and O–H groups in total. The highest BCUT2D eigenvalue weighted by Crippen LogP contribution is 2.72. The van der Waals surface area contributed by atoms with E-state index < -0.39 is 6.29 Å². The molecule has 4 nitrogen and oxygen atoms in total. The van der Waals surface area contributed by atoms with Crippen LogP contribution in [0.5, 0.6) is 0 Å². The molecule has 56 valence electrons. The average molecular weight is 144 g/mol. The van der Waals surface area contributed by atoms with Gasteiger partial charge < -0.3 is 19.7 Å². The lowest BCUT2D eigenvalue weighted by Crippen LogP contribution is -2.39. The second-order valence-corrected chi connectivity index (χ2v) is 3.15. The predicted octanol–water partition coefficient (Wildman–Crippen LogP) is -1.54. The zero-order valence-electron chi connectivity index (χ0n) is 5.23. The Morgan fingerprint density at radius 2 is 2.20 bits per heavy atom. The fourth-order valence-electron chi connectivity index (χ4n) is 1.86. The fraction of sp³-hybridized carbons (Fsp3) is 1.00. The van der Waals surface area contributed by atoms with Crippen LogP contribution < -0.4 is 0 Å². The van der Waals surface area contributed by atoms with Crippen molar-refractivity contribution >= 4 is 0 Å². The maximum absolute atomic E-state index is 9.07. The van der Waals surface area contributed by atoms with E-state index in [4.69, 9.17) is 19.7 Å². The highest BCUT2D eigenvalue weighted by atomic mass is 16.7. The van der Waals surface area contributed by atoms with Gasteiger partial charge in [-0.05, 0) is 0 Å². The summed E-state index contributed by atoms with van der Waals surface area (Å²) in [5, 5.41) is 18.0. The van der Waals surface area contributed by atoms with Gasteiger partial charge in [-0.15, -0.1) is 0 Å². The Bertz CT molecular complexity index is 194. The summed E-state index contributed by atoms with van der Waals surface area (Å²) in [5.41, 5.74) is -0.376. The highest BCUT2D eigenvalue weighted by molar-refractivity contribution is 5.40. The molecular formula is C6H8O4. The molecule has 1 spiro atoms. The molecule has 5 unspecified atom stereocenters. The van der Waals surface area contributed by atoms with Crippen molar-refractivity contribution in [3.05, 3.63) is 0 Å². The number of hydrogen-bond donors (Lipinski definition) is 2. The predicted molar refractivity (Wildman–Crippen MR) is 29.1 cm³/mol. The van der Waals surface area contributed by atoms with Gasteiger partial charge in [0, 0.05) is 0 Å². The van der Waals surface area contributed by atoms with Crippen molar-refractivity contribution in [1.29, 1.82) is 0 Å². The summed E-state index contributed by atoms with van der Waals surface area (Å²) >= 11 is 0. The maximum atomic E-state index is 9.07. The number of rotatable bonds is 0. The first-order chi connectivity index (χ1) is 4.77. The van der Waals surface area contributed by atoms with Crippen molar-refractivity contribution in [2.45, 2.75) is 24.1 Å². The van der Waals surface area contributed by atoms with E-state index in [0.29, 0.717) is 0 Å². The van der Waals surface area contributed by atoms with Crippen molar-refractivity contribution in [1.82, 2.24) is 0 Å². The van der Waals surface area contributed by atoms with Crippen molar-refractivity contribution in [2.75, 3.05) is 6.61 Å². The molecule has 2 aliphatic carbocycles. The minimum absolute atomic E-state index is 0.0220. The van der Waals surface area contributed by atoms with Crippen LogP contribution in [0.4, 0.5) is 0 Å². The van der Waals surface area contributed by atoms with Gasteiger partial charge in [-0.2, -0.15) is 0 Å². The second-order valence-electron chi connectivity index (χ2n) is 3.15. The van der Waals surface area contributed by atoms with Crippen molar-refractivity contribution < 1.29 is 19.7 Å². The summed E-state index contributed by atoms with van der Waals surface area (Å²) in [7, 11) is 0. The molecule has 0 amide bonds. The topological polar surface area (TPSA) is 58.9 Å². The number of hydrogen-bond acceptors (Lipinski definition) is 4. The Balaban J connectivity index is 1.79. The van der Waals surface area contributed by atoms with Crippen LogP contribution in [0.2, 0.25) is 0 Å². The second kappa shape index (κ2) is 1.25. The zero-order chi connectivity index (χ0) is 6.93. The molecule has 1 saturated heterocycles. The van der Waals surface area contributed by atoms with E-state index in [1.54, 1.807) is 0 Å². The maximum Gasteiger partial charge on any atom is 0.178 e. The van der Waals surface area contributed by atoms with Crippen LogP contribution in [0.3, 0.4) is 0 Å². The van der Waals surface area contributed by atoms with Crippen LogP contribution in [-0.4, -0.2) is 40.9 Å². The van der Waals surface area contributed by atoms with Crippen LogP contribution in [0.15, 0.2) is 0 Å². The van der Waals surface area contributed by atoms with E-state index in [1.165, 1.54) is 0 Å². The van der Waals surface area contributed by atoms with E-state index in [0.717, 1.165) is 0 Å². The third kappa shape index (κ3) is 0.362. The van der Waals surface area contributed by atoms with E-state index in [-0.39, 0.29) is 30.3 Å². The normalized spacial score (nSPS) is 70.2. The molecule has 10 heavy (non-hydrogen) atoms. The van der Waals surface area contributed by atoms with Crippen molar-refractivity contribution in [3.63, 3.8) is 0 Å². The smallest absolute Gasteiger partial charge is 0.178 e. The minimum atomic E-state index is -0.782. The van der Waals surface area contributed by atoms with Gasteiger partial charge in [-0.3, -0.25) is 0 Å². The molecule has 5 atom stereocenters.